The lowest BCUT2D eigenvalue weighted by atomic mass is 9.96. The molecule has 1 unspecified atom stereocenters. The van der Waals surface area contributed by atoms with Gasteiger partial charge in [0.25, 0.3) is 0 Å². The number of hydrogen-bond acceptors (Lipinski definition) is 3. The van der Waals surface area contributed by atoms with Gasteiger partial charge in [-0.2, -0.15) is 0 Å². The molecular weight excluding hydrogens is 257 g/mol. The molecule has 0 amide bonds. The van der Waals surface area contributed by atoms with Crippen molar-refractivity contribution in [3.8, 4) is 0 Å². The summed E-state index contributed by atoms with van der Waals surface area (Å²) in [4.78, 5) is 0. The van der Waals surface area contributed by atoms with Gasteiger partial charge >= 0.3 is 0 Å². The summed E-state index contributed by atoms with van der Waals surface area (Å²) in [6.45, 7) is 5.94. The van der Waals surface area contributed by atoms with Gasteiger partial charge in [0, 0.05) is 13.7 Å². The molecule has 1 aromatic carbocycles. The molecule has 1 atom stereocenters. The Hall–Kier alpha value is -0.970. The van der Waals surface area contributed by atoms with Crippen LogP contribution in [0.4, 0.5) is 4.39 Å². The van der Waals surface area contributed by atoms with Gasteiger partial charge in [-0.25, -0.2) is 4.39 Å². The van der Waals surface area contributed by atoms with Crippen molar-refractivity contribution in [2.45, 2.75) is 19.8 Å². The van der Waals surface area contributed by atoms with Crippen LogP contribution in [0.1, 0.15) is 18.9 Å². The monoisotopic (exact) mass is 283 g/mol. The maximum Gasteiger partial charge on any atom is 0.123 e. The van der Waals surface area contributed by atoms with Gasteiger partial charge in [-0.3, -0.25) is 0 Å². The van der Waals surface area contributed by atoms with Crippen LogP contribution in [0.3, 0.4) is 0 Å². The van der Waals surface area contributed by atoms with Gasteiger partial charge in [0.1, 0.15) is 5.82 Å². The molecule has 0 aromatic heterocycles. The predicted octanol–water partition coefficient (Wildman–Crippen LogP) is 2.65. The molecule has 0 spiro atoms. The summed E-state index contributed by atoms with van der Waals surface area (Å²) >= 11 is 0. The van der Waals surface area contributed by atoms with Crippen LogP contribution >= 0.6 is 0 Å². The molecule has 0 saturated heterocycles. The third-order valence-electron chi connectivity index (χ3n) is 3.20. The molecule has 1 rings (SSSR count). The van der Waals surface area contributed by atoms with E-state index in [0.29, 0.717) is 19.1 Å². The minimum absolute atomic E-state index is 0.166. The Morgan fingerprint density at radius 3 is 2.80 bits per heavy atom. The summed E-state index contributed by atoms with van der Waals surface area (Å²) < 4.78 is 23.7. The van der Waals surface area contributed by atoms with Crippen molar-refractivity contribution in [1.29, 1.82) is 0 Å². The maximum absolute atomic E-state index is 13.2. The standard InChI is InChI=1S/C16H26FNO2/c1-3-18-13-15(7-8-20-10-9-19-2)11-14-5-4-6-16(17)12-14/h4-6,12,15,18H,3,7-11,13H2,1-2H3. The highest BCUT2D eigenvalue weighted by Crippen LogP contribution is 2.13. The van der Waals surface area contributed by atoms with Gasteiger partial charge in [-0.1, -0.05) is 19.1 Å². The molecule has 0 bridgehead atoms. The first-order valence-corrected chi connectivity index (χ1v) is 7.28. The van der Waals surface area contributed by atoms with Crippen LogP contribution in [-0.2, 0) is 15.9 Å². The van der Waals surface area contributed by atoms with E-state index in [9.17, 15) is 4.39 Å². The summed E-state index contributed by atoms with van der Waals surface area (Å²) in [6, 6.07) is 6.85. The molecule has 114 valence electrons. The second-order valence-electron chi connectivity index (χ2n) is 4.90. The minimum Gasteiger partial charge on any atom is -0.382 e. The van der Waals surface area contributed by atoms with Gasteiger partial charge in [-0.15, -0.1) is 0 Å². The molecule has 3 nitrogen and oxygen atoms in total. The summed E-state index contributed by atoms with van der Waals surface area (Å²) in [5.41, 5.74) is 1.05. The number of nitrogens with one attached hydrogen (secondary N) is 1. The molecule has 0 saturated carbocycles. The van der Waals surface area contributed by atoms with Crippen LogP contribution in [0.15, 0.2) is 24.3 Å². The number of benzene rings is 1. The number of methoxy groups -OCH3 is 1. The summed E-state index contributed by atoms with van der Waals surface area (Å²) in [5, 5.41) is 3.36. The molecule has 0 aliphatic carbocycles. The zero-order valence-corrected chi connectivity index (χ0v) is 12.5. The first-order valence-electron chi connectivity index (χ1n) is 7.28. The van der Waals surface area contributed by atoms with Crippen molar-refractivity contribution in [1.82, 2.24) is 5.32 Å². The highest BCUT2D eigenvalue weighted by atomic mass is 19.1. The van der Waals surface area contributed by atoms with Crippen molar-refractivity contribution in [2.24, 2.45) is 5.92 Å². The van der Waals surface area contributed by atoms with E-state index in [1.165, 1.54) is 6.07 Å². The fourth-order valence-corrected chi connectivity index (χ4v) is 2.12. The highest BCUT2D eigenvalue weighted by molar-refractivity contribution is 5.16. The zero-order chi connectivity index (χ0) is 14.6. The molecule has 0 radical (unpaired) electrons. The van der Waals surface area contributed by atoms with Crippen LogP contribution in [0.25, 0.3) is 0 Å². The largest absolute Gasteiger partial charge is 0.382 e. The Bertz CT molecular complexity index is 360. The number of halogens is 1. The van der Waals surface area contributed by atoms with E-state index in [2.05, 4.69) is 12.2 Å². The molecule has 1 N–H and O–H groups in total. The molecular formula is C16H26FNO2. The summed E-state index contributed by atoms with van der Waals surface area (Å²) in [7, 11) is 1.67. The molecule has 0 heterocycles. The van der Waals surface area contributed by atoms with Crippen LogP contribution in [-0.4, -0.2) is 40.0 Å². The Balaban J connectivity index is 2.38. The van der Waals surface area contributed by atoms with Gasteiger partial charge in [-0.05, 0) is 49.5 Å². The second kappa shape index (κ2) is 10.8. The molecule has 0 fully saturated rings. The van der Waals surface area contributed by atoms with E-state index in [-0.39, 0.29) is 5.82 Å². The number of rotatable bonds is 11. The lowest BCUT2D eigenvalue weighted by molar-refractivity contribution is 0.0636. The van der Waals surface area contributed by atoms with E-state index < -0.39 is 0 Å². The number of hydrogen-bond donors (Lipinski definition) is 1. The summed E-state index contributed by atoms with van der Waals surface area (Å²) in [6.07, 6.45) is 1.84. The topological polar surface area (TPSA) is 30.5 Å². The Morgan fingerprint density at radius 1 is 1.25 bits per heavy atom. The van der Waals surface area contributed by atoms with Crippen LogP contribution < -0.4 is 5.32 Å². The first-order chi connectivity index (χ1) is 9.76. The lowest BCUT2D eigenvalue weighted by Gasteiger charge is -2.17. The quantitative estimate of drug-likeness (QED) is 0.633. The maximum atomic E-state index is 13.2. The van der Waals surface area contributed by atoms with E-state index in [0.717, 1.165) is 38.1 Å². The zero-order valence-electron chi connectivity index (χ0n) is 12.5. The molecule has 0 aliphatic heterocycles. The van der Waals surface area contributed by atoms with E-state index in [1.54, 1.807) is 19.2 Å². The smallest absolute Gasteiger partial charge is 0.123 e. The Morgan fingerprint density at radius 2 is 2.10 bits per heavy atom. The third kappa shape index (κ3) is 7.58. The minimum atomic E-state index is -0.166. The molecule has 1 aromatic rings. The Kier molecular flexibility index (Phi) is 9.20. The van der Waals surface area contributed by atoms with Crippen molar-refractivity contribution in [3.63, 3.8) is 0 Å². The second-order valence-corrected chi connectivity index (χ2v) is 4.90. The van der Waals surface area contributed by atoms with E-state index >= 15 is 0 Å². The average molecular weight is 283 g/mol. The van der Waals surface area contributed by atoms with Crippen molar-refractivity contribution in [2.75, 3.05) is 40.0 Å². The van der Waals surface area contributed by atoms with Gasteiger partial charge in [0.2, 0.25) is 0 Å². The fraction of sp³-hybridized carbons (Fsp3) is 0.625. The van der Waals surface area contributed by atoms with Gasteiger partial charge in [0.05, 0.1) is 13.2 Å². The van der Waals surface area contributed by atoms with Gasteiger partial charge in [0.15, 0.2) is 0 Å². The van der Waals surface area contributed by atoms with Crippen LogP contribution in [0.5, 0.6) is 0 Å². The highest BCUT2D eigenvalue weighted by Gasteiger charge is 2.10. The van der Waals surface area contributed by atoms with Gasteiger partial charge < -0.3 is 14.8 Å². The van der Waals surface area contributed by atoms with Crippen molar-refractivity contribution < 1.29 is 13.9 Å². The average Bonchev–Trinajstić information content (AvgIpc) is 2.44. The summed E-state index contributed by atoms with van der Waals surface area (Å²) in [5.74, 6) is 0.292. The van der Waals surface area contributed by atoms with Crippen LogP contribution in [0, 0.1) is 11.7 Å². The molecule has 20 heavy (non-hydrogen) atoms. The van der Waals surface area contributed by atoms with E-state index in [1.807, 2.05) is 6.07 Å². The lowest BCUT2D eigenvalue weighted by Crippen LogP contribution is -2.25. The first kappa shape index (κ1) is 17.1. The normalized spacial score (nSPS) is 12.6. The van der Waals surface area contributed by atoms with E-state index in [4.69, 9.17) is 9.47 Å². The third-order valence-corrected chi connectivity index (χ3v) is 3.20. The molecule has 0 aliphatic rings. The Labute approximate surface area is 121 Å². The van der Waals surface area contributed by atoms with Crippen molar-refractivity contribution in [3.05, 3.63) is 35.6 Å². The SMILES string of the molecule is CCNCC(CCOCCOC)Cc1cccc(F)c1. The van der Waals surface area contributed by atoms with Crippen LogP contribution in [0.2, 0.25) is 0 Å². The molecule has 4 heteroatoms. The van der Waals surface area contributed by atoms with Crippen molar-refractivity contribution >= 4 is 0 Å². The number of ether oxygens (including phenoxy) is 2. The fourth-order valence-electron chi connectivity index (χ4n) is 2.12. The predicted molar refractivity (Wildman–Crippen MR) is 79.4 cm³/mol.